The van der Waals surface area contributed by atoms with Crippen LogP contribution in [-0.4, -0.2) is 75.0 Å². The summed E-state index contributed by atoms with van der Waals surface area (Å²) >= 11 is 0. The van der Waals surface area contributed by atoms with Crippen LogP contribution in [0.25, 0.3) is 0 Å². The molecule has 7 heteroatoms. The van der Waals surface area contributed by atoms with E-state index >= 15 is 0 Å². The molecule has 0 aromatic rings. The smallest absolute Gasteiger partial charge is 0.311 e. The number of carboxylic acids is 1. The van der Waals surface area contributed by atoms with Crippen LogP contribution in [0.4, 0.5) is 0 Å². The third kappa shape index (κ3) is 3.20. The summed E-state index contributed by atoms with van der Waals surface area (Å²) in [6, 6.07) is -0.404. The van der Waals surface area contributed by atoms with Crippen LogP contribution in [0, 0.1) is 11.3 Å². The van der Waals surface area contributed by atoms with Gasteiger partial charge < -0.3 is 24.8 Å². The number of ether oxygens (including phenoxy) is 2. The Kier molecular flexibility index (Phi) is 5.18. The number of amides is 1. The lowest BCUT2D eigenvalue weighted by Gasteiger charge is -2.40. The third-order valence-corrected chi connectivity index (χ3v) is 4.62. The summed E-state index contributed by atoms with van der Waals surface area (Å²) < 4.78 is 10.5. The number of hydrogen-bond acceptors (Lipinski definition) is 5. The highest BCUT2D eigenvalue weighted by atomic mass is 16.5. The van der Waals surface area contributed by atoms with Crippen molar-refractivity contribution in [3.05, 3.63) is 0 Å². The molecule has 0 spiro atoms. The van der Waals surface area contributed by atoms with E-state index in [0.29, 0.717) is 19.4 Å². The third-order valence-electron chi connectivity index (χ3n) is 4.62. The van der Waals surface area contributed by atoms with Crippen molar-refractivity contribution in [2.45, 2.75) is 18.9 Å². The number of hydrogen-bond donors (Lipinski definition) is 2. The van der Waals surface area contributed by atoms with Crippen LogP contribution in [0.5, 0.6) is 0 Å². The number of carbonyl (C=O) groups is 2. The molecule has 2 fully saturated rings. The summed E-state index contributed by atoms with van der Waals surface area (Å²) in [5.74, 6) is -1.60. The molecular formula is C14H24N2O5. The Morgan fingerprint density at radius 3 is 2.62 bits per heavy atom. The first kappa shape index (κ1) is 16.2. The predicted molar refractivity (Wildman–Crippen MR) is 74.9 cm³/mol. The van der Waals surface area contributed by atoms with Gasteiger partial charge in [0.1, 0.15) is 5.92 Å². The Balaban J connectivity index is 2.14. The van der Waals surface area contributed by atoms with Gasteiger partial charge in [-0.1, -0.05) is 0 Å². The van der Waals surface area contributed by atoms with Crippen molar-refractivity contribution >= 4 is 11.9 Å². The normalized spacial score (nSPS) is 28.3. The van der Waals surface area contributed by atoms with Gasteiger partial charge in [-0.3, -0.25) is 9.59 Å². The van der Waals surface area contributed by atoms with E-state index in [4.69, 9.17) is 9.47 Å². The van der Waals surface area contributed by atoms with Gasteiger partial charge in [-0.15, -0.1) is 0 Å². The molecule has 2 atom stereocenters. The quantitative estimate of drug-likeness (QED) is 0.716. The molecule has 7 nitrogen and oxygen atoms in total. The minimum atomic E-state index is -0.914. The van der Waals surface area contributed by atoms with Crippen molar-refractivity contribution < 1.29 is 24.2 Å². The molecule has 0 aliphatic carbocycles. The number of carbonyl (C=O) groups excluding carboxylic acids is 1. The van der Waals surface area contributed by atoms with Gasteiger partial charge in [-0.25, -0.2) is 0 Å². The van der Waals surface area contributed by atoms with Gasteiger partial charge in [0.25, 0.3) is 0 Å². The molecule has 0 aromatic heterocycles. The van der Waals surface area contributed by atoms with E-state index in [2.05, 4.69) is 5.32 Å². The maximum atomic E-state index is 12.9. The minimum absolute atomic E-state index is 0.0346. The Hall–Kier alpha value is -1.18. The van der Waals surface area contributed by atoms with Crippen LogP contribution in [0.15, 0.2) is 0 Å². The second-order valence-electron chi connectivity index (χ2n) is 5.93. The predicted octanol–water partition coefficient (Wildman–Crippen LogP) is -0.439. The molecule has 2 aliphatic heterocycles. The first-order valence-electron chi connectivity index (χ1n) is 7.29. The zero-order valence-corrected chi connectivity index (χ0v) is 12.6. The van der Waals surface area contributed by atoms with Crippen molar-refractivity contribution in [2.75, 3.05) is 47.1 Å². The van der Waals surface area contributed by atoms with E-state index < -0.39 is 23.3 Å². The van der Waals surface area contributed by atoms with Gasteiger partial charge in [-0.2, -0.15) is 0 Å². The van der Waals surface area contributed by atoms with Crippen molar-refractivity contribution in [3.63, 3.8) is 0 Å². The second-order valence-corrected chi connectivity index (χ2v) is 5.93. The first-order valence-corrected chi connectivity index (χ1v) is 7.29. The summed E-state index contributed by atoms with van der Waals surface area (Å²) in [7, 11) is 3.27. The molecule has 120 valence electrons. The summed E-state index contributed by atoms with van der Waals surface area (Å²) in [4.78, 5) is 25.8. The molecule has 0 bridgehead atoms. The van der Waals surface area contributed by atoms with Gasteiger partial charge >= 0.3 is 5.97 Å². The number of nitrogens with one attached hydrogen (secondary N) is 1. The highest BCUT2D eigenvalue weighted by Gasteiger charge is 2.46. The second kappa shape index (κ2) is 6.72. The standard InChI is InChI=1S/C14H24N2O5/c1-16(11-8-21-7-10(11)12(17)18)13(19)14(9-20-2)3-5-15-6-4-14/h10-11,15H,3-9H2,1-2H3,(H,17,18). The fourth-order valence-corrected chi connectivity index (χ4v) is 3.29. The van der Waals surface area contributed by atoms with Crippen molar-refractivity contribution in [1.82, 2.24) is 10.2 Å². The van der Waals surface area contributed by atoms with Gasteiger partial charge in [0, 0.05) is 14.2 Å². The number of nitrogens with zero attached hydrogens (tertiary/aromatic N) is 1. The van der Waals surface area contributed by atoms with Crippen molar-refractivity contribution in [1.29, 1.82) is 0 Å². The van der Waals surface area contributed by atoms with E-state index in [9.17, 15) is 14.7 Å². The van der Waals surface area contributed by atoms with E-state index in [-0.39, 0.29) is 19.1 Å². The maximum absolute atomic E-state index is 12.9. The van der Waals surface area contributed by atoms with E-state index in [1.165, 1.54) is 0 Å². The van der Waals surface area contributed by atoms with Crippen molar-refractivity contribution in [3.8, 4) is 0 Å². The molecule has 0 aromatic carbocycles. The average Bonchev–Trinajstić information content (AvgIpc) is 2.96. The van der Waals surface area contributed by atoms with Gasteiger partial charge in [-0.05, 0) is 25.9 Å². The van der Waals surface area contributed by atoms with Crippen LogP contribution < -0.4 is 5.32 Å². The molecular weight excluding hydrogens is 276 g/mol. The number of carboxylic acid groups (broad SMARTS) is 1. The van der Waals surface area contributed by atoms with E-state index in [1.807, 2.05) is 0 Å². The number of methoxy groups -OCH3 is 1. The van der Waals surface area contributed by atoms with Crippen LogP contribution in [-0.2, 0) is 19.1 Å². The first-order chi connectivity index (χ1) is 10.0. The lowest BCUT2D eigenvalue weighted by molar-refractivity contribution is -0.151. The molecule has 2 N–H and O–H groups in total. The Bertz CT molecular complexity index is 389. The molecule has 2 aliphatic rings. The molecule has 2 saturated heterocycles. The largest absolute Gasteiger partial charge is 0.481 e. The molecule has 21 heavy (non-hydrogen) atoms. The molecule has 1 amide bonds. The van der Waals surface area contributed by atoms with Crippen molar-refractivity contribution in [2.24, 2.45) is 11.3 Å². The van der Waals surface area contributed by atoms with Gasteiger partial charge in [0.15, 0.2) is 0 Å². The van der Waals surface area contributed by atoms with Crippen LogP contribution in [0.2, 0.25) is 0 Å². The summed E-state index contributed by atoms with van der Waals surface area (Å²) in [6.07, 6.45) is 1.41. The summed E-state index contributed by atoms with van der Waals surface area (Å²) in [5, 5.41) is 12.5. The maximum Gasteiger partial charge on any atom is 0.311 e. The summed E-state index contributed by atoms with van der Waals surface area (Å²) in [6.45, 7) is 2.35. The lowest BCUT2D eigenvalue weighted by Crippen LogP contribution is -2.55. The number of aliphatic carboxylic acids is 1. The zero-order chi connectivity index (χ0) is 15.5. The zero-order valence-electron chi connectivity index (χ0n) is 12.6. The molecule has 2 rings (SSSR count). The Morgan fingerprint density at radius 1 is 1.38 bits per heavy atom. The molecule has 0 saturated carbocycles. The van der Waals surface area contributed by atoms with Gasteiger partial charge in [0.05, 0.1) is 31.3 Å². The fraction of sp³-hybridized carbons (Fsp3) is 0.857. The minimum Gasteiger partial charge on any atom is -0.481 e. The highest BCUT2D eigenvalue weighted by molar-refractivity contribution is 5.84. The Morgan fingerprint density at radius 2 is 2.05 bits per heavy atom. The number of likely N-dealkylation sites (N-methyl/N-ethyl adjacent to an activating group) is 1. The molecule has 2 heterocycles. The Labute approximate surface area is 124 Å². The summed E-state index contributed by atoms with van der Waals surface area (Å²) in [5.41, 5.74) is -0.555. The van der Waals surface area contributed by atoms with Crippen LogP contribution in [0.1, 0.15) is 12.8 Å². The SMILES string of the molecule is COCC1(C(=O)N(C)C2COCC2C(=O)O)CCNCC1. The number of rotatable bonds is 5. The lowest BCUT2D eigenvalue weighted by atomic mass is 9.78. The van der Waals surface area contributed by atoms with E-state index in [0.717, 1.165) is 13.1 Å². The van der Waals surface area contributed by atoms with Crippen LogP contribution >= 0.6 is 0 Å². The van der Waals surface area contributed by atoms with E-state index in [1.54, 1.807) is 19.1 Å². The van der Waals surface area contributed by atoms with Gasteiger partial charge in [0.2, 0.25) is 5.91 Å². The average molecular weight is 300 g/mol. The topological polar surface area (TPSA) is 88.1 Å². The highest BCUT2D eigenvalue weighted by Crippen LogP contribution is 2.33. The van der Waals surface area contributed by atoms with Crippen LogP contribution in [0.3, 0.4) is 0 Å². The molecule has 0 radical (unpaired) electrons. The monoisotopic (exact) mass is 300 g/mol. The fourth-order valence-electron chi connectivity index (χ4n) is 3.29. The molecule has 2 unspecified atom stereocenters. The number of piperidine rings is 1.